The summed E-state index contributed by atoms with van der Waals surface area (Å²) in [7, 11) is 0. The van der Waals surface area contributed by atoms with Gasteiger partial charge >= 0.3 is 0 Å². The van der Waals surface area contributed by atoms with Gasteiger partial charge in [-0.3, -0.25) is 14.6 Å². The van der Waals surface area contributed by atoms with Crippen molar-refractivity contribution in [3.05, 3.63) is 84.2 Å². The van der Waals surface area contributed by atoms with Gasteiger partial charge < -0.3 is 19.7 Å². The highest BCUT2D eigenvalue weighted by Gasteiger charge is 2.33. The number of amides is 2. The zero-order valence-electron chi connectivity index (χ0n) is 18.7. The zero-order valence-corrected chi connectivity index (χ0v) is 18.7. The first-order valence-corrected chi connectivity index (χ1v) is 10.9. The molecule has 1 aliphatic heterocycles. The van der Waals surface area contributed by atoms with Crippen LogP contribution in [0, 0.1) is 5.92 Å². The quantitative estimate of drug-likeness (QED) is 0.566. The van der Waals surface area contributed by atoms with E-state index in [-0.39, 0.29) is 37.5 Å². The lowest BCUT2D eigenvalue weighted by Gasteiger charge is -2.33. The minimum atomic E-state index is -0.674. The van der Waals surface area contributed by atoms with Crippen molar-refractivity contribution in [3.63, 3.8) is 0 Å². The van der Waals surface area contributed by atoms with Crippen molar-refractivity contribution in [2.24, 2.45) is 5.92 Å². The number of carbonyl (C=O) groups is 2. The summed E-state index contributed by atoms with van der Waals surface area (Å²) in [5.41, 5.74) is 2.35. The van der Waals surface area contributed by atoms with E-state index in [1.165, 1.54) is 0 Å². The molecule has 33 heavy (non-hydrogen) atoms. The van der Waals surface area contributed by atoms with Crippen LogP contribution in [0.25, 0.3) is 0 Å². The zero-order chi connectivity index (χ0) is 23.2. The van der Waals surface area contributed by atoms with E-state index < -0.39 is 6.04 Å². The molecule has 0 aliphatic carbocycles. The second kappa shape index (κ2) is 10.2. The number of ether oxygens (including phenoxy) is 2. The van der Waals surface area contributed by atoms with Crippen LogP contribution < -0.4 is 14.8 Å². The molecule has 1 atom stereocenters. The summed E-state index contributed by atoms with van der Waals surface area (Å²) in [5.74, 6) is 0.736. The van der Waals surface area contributed by atoms with E-state index in [4.69, 9.17) is 9.47 Å². The summed E-state index contributed by atoms with van der Waals surface area (Å²) in [5, 5.41) is 2.95. The van der Waals surface area contributed by atoms with Crippen molar-refractivity contribution < 1.29 is 19.1 Å². The lowest BCUT2D eigenvalue weighted by Crippen LogP contribution is -2.50. The molecule has 0 bridgehead atoms. The third kappa shape index (κ3) is 5.49. The molecule has 0 saturated heterocycles. The fraction of sp³-hybridized carbons (Fsp3) is 0.269. The van der Waals surface area contributed by atoms with E-state index in [0.717, 1.165) is 11.1 Å². The predicted molar refractivity (Wildman–Crippen MR) is 125 cm³/mol. The van der Waals surface area contributed by atoms with Gasteiger partial charge in [0, 0.05) is 30.7 Å². The Hall–Kier alpha value is -3.87. The predicted octanol–water partition coefficient (Wildman–Crippen LogP) is 4.04. The van der Waals surface area contributed by atoms with Crippen molar-refractivity contribution in [1.82, 2.24) is 9.88 Å². The highest BCUT2D eigenvalue weighted by atomic mass is 16.7. The summed E-state index contributed by atoms with van der Waals surface area (Å²) in [6.45, 7) is 4.33. The summed E-state index contributed by atoms with van der Waals surface area (Å²) in [4.78, 5) is 32.7. The van der Waals surface area contributed by atoms with Crippen LogP contribution in [0.4, 0.5) is 5.69 Å². The van der Waals surface area contributed by atoms with E-state index >= 15 is 0 Å². The summed E-state index contributed by atoms with van der Waals surface area (Å²) < 4.78 is 10.8. The normalized spacial score (nSPS) is 12.9. The molecule has 1 N–H and O–H groups in total. The molecule has 7 nitrogen and oxygen atoms in total. The molecule has 0 spiro atoms. The number of anilines is 1. The molecule has 170 valence electrons. The largest absolute Gasteiger partial charge is 0.454 e. The third-order valence-electron chi connectivity index (χ3n) is 5.47. The number of carbonyl (C=O) groups excluding carboxylic acids is 2. The van der Waals surface area contributed by atoms with Crippen LogP contribution in [0.15, 0.2) is 73.1 Å². The minimum Gasteiger partial charge on any atom is -0.454 e. The van der Waals surface area contributed by atoms with Crippen LogP contribution in [0.3, 0.4) is 0 Å². The Kier molecular flexibility index (Phi) is 6.88. The highest BCUT2D eigenvalue weighted by molar-refractivity contribution is 5.97. The fourth-order valence-corrected chi connectivity index (χ4v) is 3.90. The maximum absolute atomic E-state index is 13.5. The van der Waals surface area contributed by atoms with Gasteiger partial charge in [0.15, 0.2) is 11.5 Å². The second-order valence-corrected chi connectivity index (χ2v) is 8.29. The molecule has 0 saturated carbocycles. The molecule has 2 aromatic carbocycles. The number of hydrogen-bond acceptors (Lipinski definition) is 5. The lowest BCUT2D eigenvalue weighted by molar-refractivity contribution is -0.140. The van der Waals surface area contributed by atoms with Crippen molar-refractivity contribution in [3.8, 4) is 11.5 Å². The van der Waals surface area contributed by atoms with Crippen LogP contribution in [0.5, 0.6) is 11.5 Å². The number of fused-ring (bicyclic) bond motifs is 1. The molecule has 7 heteroatoms. The monoisotopic (exact) mass is 445 g/mol. The van der Waals surface area contributed by atoms with Gasteiger partial charge in [-0.25, -0.2) is 0 Å². The lowest BCUT2D eigenvalue weighted by atomic mass is 9.99. The molecular formula is C26H27N3O4. The molecule has 1 aromatic heterocycles. The Morgan fingerprint density at radius 2 is 1.76 bits per heavy atom. The van der Waals surface area contributed by atoms with E-state index in [9.17, 15) is 9.59 Å². The Morgan fingerprint density at radius 3 is 2.48 bits per heavy atom. The van der Waals surface area contributed by atoms with Gasteiger partial charge in [-0.1, -0.05) is 50.2 Å². The minimum absolute atomic E-state index is 0.115. The first-order valence-electron chi connectivity index (χ1n) is 10.9. The van der Waals surface area contributed by atoms with Crippen LogP contribution in [-0.2, 0) is 22.6 Å². The molecule has 1 aliphatic rings. The van der Waals surface area contributed by atoms with E-state index in [0.29, 0.717) is 17.2 Å². The van der Waals surface area contributed by atoms with Gasteiger partial charge in [-0.15, -0.1) is 0 Å². The summed E-state index contributed by atoms with van der Waals surface area (Å²) >= 11 is 0. The van der Waals surface area contributed by atoms with Crippen LogP contribution >= 0.6 is 0 Å². The standard InChI is InChI=1S/C26H27N3O4/c1-18(2)25(26(31)28-21-10-11-22-23(14-21)33-17-32-22)29(16-20-9-6-12-27-15-20)24(30)13-19-7-4-3-5-8-19/h3-12,14-15,18,25H,13,16-17H2,1-2H3,(H,28,31)/t25-/m0/s1. The summed E-state index contributed by atoms with van der Waals surface area (Å²) in [6.07, 6.45) is 3.61. The number of hydrogen-bond donors (Lipinski definition) is 1. The maximum Gasteiger partial charge on any atom is 0.247 e. The molecule has 2 heterocycles. The van der Waals surface area contributed by atoms with Crippen LogP contribution in [0.1, 0.15) is 25.0 Å². The Balaban J connectivity index is 1.59. The Morgan fingerprint density at radius 1 is 1.00 bits per heavy atom. The first kappa shape index (κ1) is 22.3. The number of aromatic nitrogens is 1. The van der Waals surface area contributed by atoms with E-state index in [1.54, 1.807) is 35.5 Å². The van der Waals surface area contributed by atoms with Crippen molar-refractivity contribution in [1.29, 1.82) is 0 Å². The van der Waals surface area contributed by atoms with Gasteiger partial charge in [0.25, 0.3) is 0 Å². The third-order valence-corrected chi connectivity index (χ3v) is 5.47. The molecule has 2 amide bonds. The molecule has 0 radical (unpaired) electrons. The van der Waals surface area contributed by atoms with Crippen LogP contribution in [0.2, 0.25) is 0 Å². The Bertz CT molecular complexity index is 1100. The van der Waals surface area contributed by atoms with Gasteiger partial charge in [0.1, 0.15) is 6.04 Å². The average Bonchev–Trinajstić information content (AvgIpc) is 3.27. The van der Waals surface area contributed by atoms with Gasteiger partial charge in [-0.2, -0.15) is 0 Å². The average molecular weight is 446 g/mol. The molecule has 4 rings (SSSR count). The van der Waals surface area contributed by atoms with Crippen molar-refractivity contribution >= 4 is 17.5 Å². The van der Waals surface area contributed by atoms with Crippen molar-refractivity contribution in [2.75, 3.05) is 12.1 Å². The van der Waals surface area contributed by atoms with Gasteiger partial charge in [-0.05, 0) is 35.2 Å². The maximum atomic E-state index is 13.5. The van der Waals surface area contributed by atoms with Gasteiger partial charge in [0.05, 0.1) is 6.42 Å². The Labute approximate surface area is 193 Å². The number of nitrogens with one attached hydrogen (secondary N) is 1. The number of benzene rings is 2. The van der Waals surface area contributed by atoms with E-state index in [1.807, 2.05) is 56.3 Å². The summed E-state index contributed by atoms with van der Waals surface area (Å²) in [6, 6.07) is 17.9. The SMILES string of the molecule is CC(C)[C@@H](C(=O)Nc1ccc2c(c1)OCO2)N(Cc1cccnc1)C(=O)Cc1ccccc1. The molecule has 3 aromatic rings. The smallest absolute Gasteiger partial charge is 0.247 e. The highest BCUT2D eigenvalue weighted by Crippen LogP contribution is 2.34. The number of pyridine rings is 1. The number of nitrogens with zero attached hydrogens (tertiary/aromatic N) is 2. The first-order chi connectivity index (χ1) is 16.0. The van der Waals surface area contributed by atoms with Crippen LogP contribution in [-0.4, -0.2) is 34.5 Å². The molecule has 0 unspecified atom stereocenters. The second-order valence-electron chi connectivity index (χ2n) is 8.29. The fourth-order valence-electron chi connectivity index (χ4n) is 3.90. The molecule has 0 fully saturated rings. The molecular weight excluding hydrogens is 418 g/mol. The topological polar surface area (TPSA) is 80.8 Å². The van der Waals surface area contributed by atoms with Crippen molar-refractivity contribution in [2.45, 2.75) is 32.9 Å². The van der Waals surface area contributed by atoms with E-state index in [2.05, 4.69) is 10.3 Å². The number of rotatable bonds is 8. The van der Waals surface area contributed by atoms with Gasteiger partial charge in [0.2, 0.25) is 18.6 Å².